The van der Waals surface area contributed by atoms with E-state index in [1.54, 1.807) is 22.5 Å². The largest absolute Gasteiger partial charge is 0.497 e. The molecule has 0 radical (unpaired) electrons. The summed E-state index contributed by atoms with van der Waals surface area (Å²) in [6.07, 6.45) is 1.04. The van der Waals surface area contributed by atoms with Crippen molar-refractivity contribution in [2.75, 3.05) is 39.6 Å². The van der Waals surface area contributed by atoms with E-state index in [9.17, 15) is 13.2 Å². The van der Waals surface area contributed by atoms with Gasteiger partial charge in [-0.25, -0.2) is 12.7 Å². The molecule has 7 nitrogen and oxygen atoms in total. The molecule has 0 saturated carbocycles. The molecule has 2 atom stereocenters. The topological polar surface area (TPSA) is 84.9 Å². The highest BCUT2D eigenvalue weighted by atomic mass is 32.2. The molecule has 1 heterocycles. The Morgan fingerprint density at radius 2 is 1.85 bits per heavy atom. The standard InChI is InChI=1S/C18H28N2O5S/c1-13-9-14(2)12-20(11-13)26(22,23)8-7-19-18(21)16-6-5-15(24-3)10-17(16)25-4/h5-6,10,13-14H,7-9,11-12H2,1-4H3,(H,19,21)/t13-,14+. The van der Waals surface area contributed by atoms with Crippen LogP contribution in [-0.4, -0.2) is 58.2 Å². The predicted molar refractivity (Wildman–Crippen MR) is 100 cm³/mol. The molecule has 26 heavy (non-hydrogen) atoms. The molecule has 1 aliphatic rings. The van der Waals surface area contributed by atoms with Gasteiger partial charge in [-0.15, -0.1) is 0 Å². The molecule has 0 bridgehead atoms. The second-order valence-corrected chi connectivity index (χ2v) is 8.99. The summed E-state index contributed by atoms with van der Waals surface area (Å²) in [6.45, 7) is 5.28. The Kier molecular flexibility index (Phi) is 6.88. The second kappa shape index (κ2) is 8.73. The molecule has 8 heteroatoms. The van der Waals surface area contributed by atoms with Gasteiger partial charge in [-0.3, -0.25) is 4.79 Å². The summed E-state index contributed by atoms with van der Waals surface area (Å²) in [4.78, 5) is 12.3. The molecule has 0 unspecified atom stereocenters. The van der Waals surface area contributed by atoms with E-state index in [0.717, 1.165) is 6.42 Å². The van der Waals surface area contributed by atoms with E-state index >= 15 is 0 Å². The maximum Gasteiger partial charge on any atom is 0.255 e. The quantitative estimate of drug-likeness (QED) is 0.774. The predicted octanol–water partition coefficient (Wildman–Crippen LogP) is 1.74. The molecule has 2 rings (SSSR count). The van der Waals surface area contributed by atoms with Crippen LogP contribution in [-0.2, 0) is 10.0 Å². The van der Waals surface area contributed by atoms with Crippen LogP contribution in [0, 0.1) is 11.8 Å². The van der Waals surface area contributed by atoms with Gasteiger partial charge >= 0.3 is 0 Å². The number of hydrogen-bond donors (Lipinski definition) is 1. The SMILES string of the molecule is COc1ccc(C(=O)NCCS(=O)(=O)N2C[C@H](C)C[C@H](C)C2)c(OC)c1. The minimum Gasteiger partial charge on any atom is -0.497 e. The minimum atomic E-state index is -3.39. The molecule has 0 spiro atoms. The Morgan fingerprint density at radius 1 is 1.19 bits per heavy atom. The van der Waals surface area contributed by atoms with E-state index in [2.05, 4.69) is 19.2 Å². The lowest BCUT2D eigenvalue weighted by Crippen LogP contribution is -2.45. The number of sulfonamides is 1. The first-order chi connectivity index (χ1) is 12.3. The van der Waals surface area contributed by atoms with Gasteiger partial charge in [-0.1, -0.05) is 13.8 Å². The molecule has 1 fully saturated rings. The summed E-state index contributed by atoms with van der Waals surface area (Å²) in [5, 5.41) is 2.66. The Hall–Kier alpha value is -1.80. The fourth-order valence-corrected chi connectivity index (χ4v) is 4.92. The molecular formula is C18H28N2O5S. The van der Waals surface area contributed by atoms with Crippen molar-refractivity contribution in [1.82, 2.24) is 9.62 Å². The van der Waals surface area contributed by atoms with Crippen molar-refractivity contribution in [3.8, 4) is 11.5 Å². The van der Waals surface area contributed by atoms with Crippen LogP contribution in [0.5, 0.6) is 11.5 Å². The number of benzene rings is 1. The fraction of sp³-hybridized carbons (Fsp3) is 0.611. The summed E-state index contributed by atoms with van der Waals surface area (Å²) < 4.78 is 36.9. The first-order valence-corrected chi connectivity index (χ1v) is 10.4. The Labute approximate surface area is 155 Å². The Balaban J connectivity index is 1.95. The Morgan fingerprint density at radius 3 is 2.42 bits per heavy atom. The first-order valence-electron chi connectivity index (χ1n) is 8.75. The molecule has 1 aromatic carbocycles. The van der Waals surface area contributed by atoms with Crippen LogP contribution in [0.1, 0.15) is 30.6 Å². The zero-order valence-corrected chi connectivity index (χ0v) is 16.6. The van der Waals surface area contributed by atoms with Gasteiger partial charge in [0.1, 0.15) is 11.5 Å². The smallest absolute Gasteiger partial charge is 0.255 e. The molecule has 0 aliphatic carbocycles. The molecule has 146 valence electrons. The third-order valence-electron chi connectivity index (χ3n) is 4.53. The second-order valence-electron chi connectivity index (χ2n) is 6.90. The summed E-state index contributed by atoms with van der Waals surface area (Å²) >= 11 is 0. The number of nitrogens with zero attached hydrogens (tertiary/aromatic N) is 1. The summed E-state index contributed by atoms with van der Waals surface area (Å²) in [5.41, 5.74) is 0.339. The van der Waals surface area contributed by atoms with Crippen LogP contribution in [0.4, 0.5) is 0 Å². The molecule has 1 aromatic rings. The molecule has 1 N–H and O–H groups in total. The van der Waals surface area contributed by atoms with E-state index in [-0.39, 0.29) is 18.2 Å². The van der Waals surface area contributed by atoms with Gasteiger partial charge < -0.3 is 14.8 Å². The highest BCUT2D eigenvalue weighted by Crippen LogP contribution is 2.25. The lowest BCUT2D eigenvalue weighted by Gasteiger charge is -2.34. The summed E-state index contributed by atoms with van der Waals surface area (Å²) in [7, 11) is -0.390. The lowest BCUT2D eigenvalue weighted by atomic mass is 9.94. The van der Waals surface area contributed by atoms with E-state index in [1.165, 1.54) is 14.2 Å². The van der Waals surface area contributed by atoms with Crippen molar-refractivity contribution in [1.29, 1.82) is 0 Å². The average molecular weight is 384 g/mol. The van der Waals surface area contributed by atoms with Crippen LogP contribution in [0.2, 0.25) is 0 Å². The number of ether oxygens (including phenoxy) is 2. The van der Waals surface area contributed by atoms with Crippen molar-refractivity contribution in [3.63, 3.8) is 0 Å². The van der Waals surface area contributed by atoms with Crippen molar-refractivity contribution in [2.24, 2.45) is 11.8 Å². The maximum absolute atomic E-state index is 12.5. The number of piperidine rings is 1. The third-order valence-corrected chi connectivity index (χ3v) is 6.33. The van der Waals surface area contributed by atoms with Crippen LogP contribution in [0.3, 0.4) is 0 Å². The lowest BCUT2D eigenvalue weighted by molar-refractivity contribution is 0.0953. The van der Waals surface area contributed by atoms with E-state index < -0.39 is 10.0 Å². The average Bonchev–Trinajstić information content (AvgIpc) is 2.60. The summed E-state index contributed by atoms with van der Waals surface area (Å²) in [6, 6.07) is 4.86. The molecule has 1 aliphatic heterocycles. The van der Waals surface area contributed by atoms with Gasteiger partial charge in [0.05, 0.1) is 25.5 Å². The number of carbonyl (C=O) groups is 1. The number of hydrogen-bond acceptors (Lipinski definition) is 5. The van der Waals surface area contributed by atoms with Crippen LogP contribution in [0.15, 0.2) is 18.2 Å². The third kappa shape index (κ3) is 5.11. The number of carbonyl (C=O) groups excluding carboxylic acids is 1. The van der Waals surface area contributed by atoms with Crippen molar-refractivity contribution < 1.29 is 22.7 Å². The zero-order valence-electron chi connectivity index (χ0n) is 15.8. The van der Waals surface area contributed by atoms with Gasteiger partial charge in [0.15, 0.2) is 0 Å². The van der Waals surface area contributed by atoms with E-state index in [4.69, 9.17) is 9.47 Å². The molecule has 0 aromatic heterocycles. The molecule has 1 saturated heterocycles. The van der Waals surface area contributed by atoms with Crippen LogP contribution >= 0.6 is 0 Å². The normalized spacial score (nSPS) is 21.2. The zero-order chi connectivity index (χ0) is 19.3. The molecular weight excluding hydrogens is 356 g/mol. The van der Waals surface area contributed by atoms with Crippen LogP contribution < -0.4 is 14.8 Å². The van der Waals surface area contributed by atoms with Gasteiger partial charge in [0, 0.05) is 25.7 Å². The first kappa shape index (κ1) is 20.5. The van der Waals surface area contributed by atoms with Crippen molar-refractivity contribution in [3.05, 3.63) is 23.8 Å². The number of amides is 1. The van der Waals surface area contributed by atoms with Gasteiger partial charge in [-0.2, -0.15) is 0 Å². The van der Waals surface area contributed by atoms with Crippen molar-refractivity contribution in [2.45, 2.75) is 20.3 Å². The summed E-state index contributed by atoms with van der Waals surface area (Å²) in [5.74, 6) is 1.17. The van der Waals surface area contributed by atoms with Crippen LogP contribution in [0.25, 0.3) is 0 Å². The van der Waals surface area contributed by atoms with Gasteiger partial charge in [0.2, 0.25) is 10.0 Å². The van der Waals surface area contributed by atoms with E-state index in [1.807, 2.05) is 0 Å². The molecule has 1 amide bonds. The maximum atomic E-state index is 12.5. The van der Waals surface area contributed by atoms with Gasteiger partial charge in [0.25, 0.3) is 5.91 Å². The fourth-order valence-electron chi connectivity index (χ4n) is 3.34. The number of nitrogens with one attached hydrogen (secondary N) is 1. The number of rotatable bonds is 7. The van der Waals surface area contributed by atoms with Gasteiger partial charge in [-0.05, 0) is 30.4 Å². The van der Waals surface area contributed by atoms with Crippen molar-refractivity contribution >= 4 is 15.9 Å². The Bertz CT molecular complexity index is 725. The highest BCUT2D eigenvalue weighted by Gasteiger charge is 2.30. The minimum absolute atomic E-state index is 0.0512. The highest BCUT2D eigenvalue weighted by molar-refractivity contribution is 7.89. The number of methoxy groups -OCH3 is 2. The monoisotopic (exact) mass is 384 g/mol. The van der Waals surface area contributed by atoms with E-state index in [0.29, 0.717) is 42.0 Å².